The van der Waals surface area contributed by atoms with Crippen molar-refractivity contribution in [2.24, 2.45) is 5.73 Å². The summed E-state index contributed by atoms with van der Waals surface area (Å²) in [5.74, 6) is 0.251. The number of likely N-dealkylation sites (N-methyl/N-ethyl adjacent to an activating group) is 1. The van der Waals surface area contributed by atoms with Crippen molar-refractivity contribution in [3.63, 3.8) is 0 Å². The van der Waals surface area contributed by atoms with E-state index in [0.29, 0.717) is 13.0 Å². The summed E-state index contributed by atoms with van der Waals surface area (Å²) >= 11 is 0. The number of likely N-dealkylation sites (tertiary alicyclic amines) is 1. The summed E-state index contributed by atoms with van der Waals surface area (Å²) in [5.41, 5.74) is 5.78. The van der Waals surface area contributed by atoms with Crippen LogP contribution in [0.2, 0.25) is 0 Å². The molecule has 1 aliphatic rings. The molecule has 0 bridgehead atoms. The highest BCUT2D eigenvalue weighted by atomic mass is 16.5. The molecule has 5 nitrogen and oxygen atoms in total. The Morgan fingerprint density at radius 2 is 2.11 bits per heavy atom. The Balaban J connectivity index is 2.32. The van der Waals surface area contributed by atoms with Crippen LogP contribution < -0.4 is 5.73 Å². The summed E-state index contributed by atoms with van der Waals surface area (Å²) in [5, 5.41) is 0. The number of ether oxygens (including phenoxy) is 1. The number of nitrogens with two attached hydrogens (primary N) is 1. The van der Waals surface area contributed by atoms with Gasteiger partial charge in [-0.15, -0.1) is 0 Å². The van der Waals surface area contributed by atoms with Gasteiger partial charge in [0.15, 0.2) is 0 Å². The van der Waals surface area contributed by atoms with E-state index in [0.717, 1.165) is 45.5 Å². The Morgan fingerprint density at radius 1 is 1.44 bits per heavy atom. The maximum absolute atomic E-state index is 12.1. The highest BCUT2D eigenvalue weighted by molar-refractivity contribution is 5.77. The third-order valence-corrected chi connectivity index (χ3v) is 3.62. The molecule has 1 atom stereocenters. The normalized spacial score (nSPS) is 17.4. The van der Waals surface area contributed by atoms with Gasteiger partial charge in [-0.05, 0) is 26.3 Å². The lowest BCUT2D eigenvalue weighted by atomic mass is 10.1. The average Bonchev–Trinajstić information content (AvgIpc) is 2.89. The van der Waals surface area contributed by atoms with Crippen molar-refractivity contribution < 1.29 is 9.53 Å². The van der Waals surface area contributed by atoms with Crippen LogP contribution in [-0.2, 0) is 9.53 Å². The van der Waals surface area contributed by atoms with Gasteiger partial charge in [-0.1, -0.05) is 0 Å². The first kappa shape index (κ1) is 15.4. The standard InChI is InChI=1S/C13H27N3O2/c1-15(6-5-9-18-2)12(11-14)10-13(17)16-7-3-4-8-16/h12H,3-11,14H2,1-2H3. The largest absolute Gasteiger partial charge is 0.385 e. The summed E-state index contributed by atoms with van der Waals surface area (Å²) in [6, 6.07) is 0.148. The zero-order valence-corrected chi connectivity index (χ0v) is 11.7. The average molecular weight is 257 g/mol. The van der Waals surface area contributed by atoms with Crippen LogP contribution in [0.3, 0.4) is 0 Å². The van der Waals surface area contributed by atoms with Gasteiger partial charge in [-0.3, -0.25) is 4.79 Å². The van der Waals surface area contributed by atoms with Gasteiger partial charge in [0.25, 0.3) is 0 Å². The number of hydrogen-bond acceptors (Lipinski definition) is 4. The third-order valence-electron chi connectivity index (χ3n) is 3.62. The van der Waals surface area contributed by atoms with Gasteiger partial charge in [0.1, 0.15) is 0 Å². The number of carbonyl (C=O) groups is 1. The Bertz CT molecular complexity index is 242. The lowest BCUT2D eigenvalue weighted by Crippen LogP contribution is -2.43. The van der Waals surface area contributed by atoms with Crippen LogP contribution in [0.25, 0.3) is 0 Å². The van der Waals surface area contributed by atoms with Crippen molar-refractivity contribution in [1.29, 1.82) is 0 Å². The van der Waals surface area contributed by atoms with Gasteiger partial charge >= 0.3 is 0 Å². The predicted octanol–water partition coefficient (Wildman–Crippen LogP) is 0.295. The summed E-state index contributed by atoms with van der Waals surface area (Å²) in [4.78, 5) is 16.2. The minimum absolute atomic E-state index is 0.148. The first-order chi connectivity index (χ1) is 8.69. The molecule has 0 aromatic rings. The Morgan fingerprint density at radius 3 is 2.67 bits per heavy atom. The van der Waals surface area contributed by atoms with Crippen LogP contribution in [0.1, 0.15) is 25.7 Å². The van der Waals surface area contributed by atoms with Crippen molar-refractivity contribution in [3.8, 4) is 0 Å². The number of methoxy groups -OCH3 is 1. The minimum atomic E-state index is 0.148. The predicted molar refractivity (Wildman–Crippen MR) is 72.4 cm³/mol. The molecule has 1 amide bonds. The maximum atomic E-state index is 12.1. The van der Waals surface area contributed by atoms with E-state index in [1.807, 2.05) is 11.9 Å². The molecule has 1 rings (SSSR count). The van der Waals surface area contributed by atoms with E-state index in [-0.39, 0.29) is 11.9 Å². The maximum Gasteiger partial charge on any atom is 0.224 e. The topological polar surface area (TPSA) is 58.8 Å². The van der Waals surface area contributed by atoms with E-state index in [4.69, 9.17) is 10.5 Å². The molecule has 0 spiro atoms. The molecule has 1 aliphatic heterocycles. The zero-order valence-electron chi connectivity index (χ0n) is 11.7. The number of amides is 1. The number of nitrogens with zero attached hydrogens (tertiary/aromatic N) is 2. The minimum Gasteiger partial charge on any atom is -0.385 e. The molecule has 1 heterocycles. The molecule has 1 fully saturated rings. The molecule has 5 heteroatoms. The van der Waals surface area contributed by atoms with E-state index in [2.05, 4.69) is 4.90 Å². The van der Waals surface area contributed by atoms with Crippen molar-refractivity contribution in [2.75, 3.05) is 46.9 Å². The first-order valence-corrected chi connectivity index (χ1v) is 6.86. The van der Waals surface area contributed by atoms with Crippen LogP contribution in [0, 0.1) is 0 Å². The van der Waals surface area contributed by atoms with Crippen LogP contribution in [-0.4, -0.2) is 68.7 Å². The second kappa shape index (κ2) is 8.45. The van der Waals surface area contributed by atoms with Crippen molar-refractivity contribution >= 4 is 5.91 Å². The molecule has 0 aliphatic carbocycles. The Labute approximate surface area is 110 Å². The van der Waals surface area contributed by atoms with Crippen molar-refractivity contribution in [1.82, 2.24) is 9.80 Å². The summed E-state index contributed by atoms with van der Waals surface area (Å²) in [7, 11) is 3.74. The SMILES string of the molecule is COCCCN(C)C(CN)CC(=O)N1CCCC1. The molecule has 2 N–H and O–H groups in total. The number of hydrogen-bond donors (Lipinski definition) is 1. The van der Waals surface area contributed by atoms with Crippen LogP contribution in [0.4, 0.5) is 0 Å². The monoisotopic (exact) mass is 257 g/mol. The molecule has 0 aromatic carbocycles. The molecule has 0 aromatic heterocycles. The van der Waals surface area contributed by atoms with Gasteiger partial charge in [-0.2, -0.15) is 0 Å². The zero-order chi connectivity index (χ0) is 13.4. The first-order valence-electron chi connectivity index (χ1n) is 6.86. The molecule has 1 saturated heterocycles. The number of carbonyl (C=O) groups excluding carboxylic acids is 1. The van der Waals surface area contributed by atoms with Crippen LogP contribution in [0.15, 0.2) is 0 Å². The Hall–Kier alpha value is -0.650. The molecule has 1 unspecified atom stereocenters. The van der Waals surface area contributed by atoms with E-state index in [9.17, 15) is 4.79 Å². The molecule has 0 saturated carbocycles. The van der Waals surface area contributed by atoms with Crippen LogP contribution >= 0.6 is 0 Å². The summed E-state index contributed by atoms with van der Waals surface area (Å²) in [6.07, 6.45) is 3.80. The highest BCUT2D eigenvalue weighted by Gasteiger charge is 2.23. The van der Waals surface area contributed by atoms with E-state index < -0.39 is 0 Å². The second-order valence-corrected chi connectivity index (χ2v) is 5.01. The Kier molecular flexibility index (Phi) is 7.23. The molecular weight excluding hydrogens is 230 g/mol. The van der Waals surface area contributed by atoms with Gasteiger partial charge in [0.05, 0.1) is 0 Å². The summed E-state index contributed by atoms with van der Waals surface area (Å²) < 4.78 is 5.03. The highest BCUT2D eigenvalue weighted by Crippen LogP contribution is 2.11. The lowest BCUT2D eigenvalue weighted by molar-refractivity contribution is -0.131. The second-order valence-electron chi connectivity index (χ2n) is 5.01. The van der Waals surface area contributed by atoms with E-state index in [1.165, 1.54) is 0 Å². The molecular formula is C13H27N3O2. The molecule has 0 radical (unpaired) electrons. The third kappa shape index (κ3) is 4.92. The van der Waals surface area contributed by atoms with Crippen molar-refractivity contribution in [2.45, 2.75) is 31.7 Å². The van der Waals surface area contributed by atoms with Gasteiger partial charge < -0.3 is 20.3 Å². The van der Waals surface area contributed by atoms with Crippen LogP contribution in [0.5, 0.6) is 0 Å². The molecule has 18 heavy (non-hydrogen) atoms. The number of rotatable bonds is 8. The van der Waals surface area contributed by atoms with Gasteiger partial charge in [0, 0.05) is 52.4 Å². The quantitative estimate of drug-likeness (QED) is 0.635. The van der Waals surface area contributed by atoms with Gasteiger partial charge in [-0.25, -0.2) is 0 Å². The van der Waals surface area contributed by atoms with Crippen molar-refractivity contribution in [3.05, 3.63) is 0 Å². The molecule has 106 valence electrons. The fraction of sp³-hybridized carbons (Fsp3) is 0.923. The fourth-order valence-corrected chi connectivity index (χ4v) is 2.36. The van der Waals surface area contributed by atoms with E-state index in [1.54, 1.807) is 7.11 Å². The van der Waals surface area contributed by atoms with E-state index >= 15 is 0 Å². The lowest BCUT2D eigenvalue weighted by Gasteiger charge is -2.28. The smallest absolute Gasteiger partial charge is 0.224 e. The fourth-order valence-electron chi connectivity index (χ4n) is 2.36. The summed E-state index contributed by atoms with van der Waals surface area (Å²) in [6.45, 7) is 4.04. The van der Waals surface area contributed by atoms with Gasteiger partial charge in [0.2, 0.25) is 5.91 Å².